The number of amides is 1. The zero-order chi connectivity index (χ0) is 21.1. The van der Waals surface area contributed by atoms with Crippen LogP contribution in [0.2, 0.25) is 0 Å². The van der Waals surface area contributed by atoms with Crippen LogP contribution in [0.3, 0.4) is 0 Å². The number of hydrogen-bond donors (Lipinski definition) is 2. The summed E-state index contributed by atoms with van der Waals surface area (Å²) < 4.78 is 5.20. The van der Waals surface area contributed by atoms with Crippen LogP contribution in [-0.2, 0) is 6.54 Å². The fourth-order valence-electron chi connectivity index (χ4n) is 3.80. The predicted molar refractivity (Wildman–Crippen MR) is 113 cm³/mol. The number of carbonyl (C=O) groups excluding carboxylic acids is 1. The smallest absolute Gasteiger partial charge is 0.293 e. The van der Waals surface area contributed by atoms with Gasteiger partial charge in [0.1, 0.15) is 18.0 Å². The average Bonchev–Trinajstić information content (AvgIpc) is 3.58. The molecule has 8 nitrogen and oxygen atoms in total. The van der Waals surface area contributed by atoms with Gasteiger partial charge in [-0.2, -0.15) is 0 Å². The third-order valence-corrected chi connectivity index (χ3v) is 5.75. The highest BCUT2D eigenvalue weighted by atomic mass is 16.6. The summed E-state index contributed by atoms with van der Waals surface area (Å²) in [6.07, 6.45) is 2.06. The number of ether oxygens (including phenoxy) is 1. The number of rotatable bonds is 7. The van der Waals surface area contributed by atoms with Gasteiger partial charge in [-0.05, 0) is 49.2 Å². The first kappa shape index (κ1) is 20.2. The van der Waals surface area contributed by atoms with Gasteiger partial charge in [-0.25, -0.2) is 0 Å². The van der Waals surface area contributed by atoms with E-state index in [0.717, 1.165) is 38.2 Å². The molecule has 1 amide bonds. The van der Waals surface area contributed by atoms with Gasteiger partial charge in [0.2, 0.25) is 0 Å². The average molecular weight is 411 g/mol. The molecule has 1 aliphatic heterocycles. The second kappa shape index (κ2) is 8.71. The van der Waals surface area contributed by atoms with E-state index >= 15 is 0 Å². The number of anilines is 1. The summed E-state index contributed by atoms with van der Waals surface area (Å²) >= 11 is 0. The molecule has 1 saturated carbocycles. The molecule has 1 aliphatic carbocycles. The Morgan fingerprint density at radius 2 is 1.90 bits per heavy atom. The number of nitro groups is 1. The highest BCUT2D eigenvalue weighted by molar-refractivity contribution is 5.95. The third kappa shape index (κ3) is 4.71. The normalized spacial score (nSPS) is 16.9. The Labute approximate surface area is 175 Å². The first-order chi connectivity index (χ1) is 14.5. The maximum Gasteiger partial charge on any atom is 0.293 e. The summed E-state index contributed by atoms with van der Waals surface area (Å²) in [7, 11) is 1.66. The van der Waals surface area contributed by atoms with Gasteiger partial charge in [-0.1, -0.05) is 0 Å². The van der Waals surface area contributed by atoms with Crippen molar-refractivity contribution in [2.24, 2.45) is 0 Å². The molecule has 0 aromatic heterocycles. The Morgan fingerprint density at radius 3 is 2.50 bits per heavy atom. The van der Waals surface area contributed by atoms with Crippen molar-refractivity contribution in [1.29, 1.82) is 0 Å². The number of piperazine rings is 1. The van der Waals surface area contributed by atoms with E-state index < -0.39 is 4.92 Å². The first-order valence-electron chi connectivity index (χ1n) is 10.3. The minimum absolute atomic E-state index is 0.0310. The van der Waals surface area contributed by atoms with Crippen LogP contribution < -0.4 is 15.0 Å². The van der Waals surface area contributed by atoms with Crippen LogP contribution in [0.15, 0.2) is 42.5 Å². The molecule has 0 bridgehead atoms. The van der Waals surface area contributed by atoms with Crippen molar-refractivity contribution in [3.63, 3.8) is 0 Å². The van der Waals surface area contributed by atoms with Crippen LogP contribution in [0, 0.1) is 10.1 Å². The van der Waals surface area contributed by atoms with Gasteiger partial charge in [-0.15, -0.1) is 0 Å². The van der Waals surface area contributed by atoms with E-state index in [-0.39, 0.29) is 11.6 Å². The number of hydrogen-bond acceptors (Lipinski definition) is 5. The standard InChI is InChI=1S/C22H26N4O4/c1-30-19-7-2-16(3-8-19)15-24-10-12-25(13-11-24)22(27)17-4-9-20(23-18-5-6-18)21(14-17)26(28)29/h2-4,7-9,14,18,23H,5-6,10-13,15H2,1H3/p+1. The molecule has 30 heavy (non-hydrogen) atoms. The van der Waals surface area contributed by atoms with Crippen molar-refractivity contribution in [3.8, 4) is 5.75 Å². The van der Waals surface area contributed by atoms with E-state index in [1.807, 2.05) is 12.1 Å². The Balaban J connectivity index is 1.36. The SMILES string of the molecule is COc1ccc(C[NH+]2CCN(C(=O)c3ccc(NC4CC4)c([N+](=O)[O-])c3)CC2)cc1. The Bertz CT molecular complexity index is 919. The molecule has 158 valence electrons. The summed E-state index contributed by atoms with van der Waals surface area (Å²) in [5, 5.41) is 14.6. The third-order valence-electron chi connectivity index (χ3n) is 5.75. The number of nitro benzene ring substituents is 1. The van der Waals surface area contributed by atoms with Gasteiger partial charge in [-0.3, -0.25) is 14.9 Å². The fraction of sp³-hybridized carbons (Fsp3) is 0.409. The number of carbonyl (C=O) groups is 1. The van der Waals surface area contributed by atoms with Gasteiger partial charge in [0.25, 0.3) is 11.6 Å². The maximum absolute atomic E-state index is 12.9. The van der Waals surface area contributed by atoms with Crippen LogP contribution in [0.25, 0.3) is 0 Å². The minimum Gasteiger partial charge on any atom is -0.497 e. The molecule has 2 aromatic rings. The number of benzene rings is 2. The van der Waals surface area contributed by atoms with Crippen LogP contribution >= 0.6 is 0 Å². The highest BCUT2D eigenvalue weighted by Crippen LogP contribution is 2.31. The summed E-state index contributed by atoms with van der Waals surface area (Å²) in [6, 6.07) is 13.1. The monoisotopic (exact) mass is 411 g/mol. The van der Waals surface area contributed by atoms with Gasteiger partial charge in [0.05, 0.1) is 38.2 Å². The van der Waals surface area contributed by atoms with Gasteiger partial charge < -0.3 is 19.9 Å². The summed E-state index contributed by atoms with van der Waals surface area (Å²) in [6.45, 7) is 3.88. The van der Waals surface area contributed by atoms with Gasteiger partial charge >= 0.3 is 0 Å². The second-order valence-electron chi connectivity index (χ2n) is 7.97. The zero-order valence-corrected chi connectivity index (χ0v) is 17.1. The number of quaternary nitrogens is 1. The van der Waals surface area contributed by atoms with Crippen molar-refractivity contribution in [1.82, 2.24) is 4.90 Å². The lowest BCUT2D eigenvalue weighted by atomic mass is 10.1. The lowest BCUT2D eigenvalue weighted by molar-refractivity contribution is -0.917. The van der Waals surface area contributed by atoms with E-state index in [9.17, 15) is 14.9 Å². The van der Waals surface area contributed by atoms with Gasteiger partial charge in [0.15, 0.2) is 0 Å². The molecule has 2 aromatic carbocycles. The number of nitrogens with one attached hydrogen (secondary N) is 2. The van der Waals surface area contributed by atoms with Crippen LogP contribution in [-0.4, -0.2) is 55.1 Å². The topological polar surface area (TPSA) is 89.2 Å². The molecule has 0 atom stereocenters. The summed E-state index contributed by atoms with van der Waals surface area (Å²) in [5.74, 6) is 0.705. The molecule has 2 N–H and O–H groups in total. The maximum atomic E-state index is 12.9. The van der Waals surface area contributed by atoms with Crippen molar-refractivity contribution in [2.45, 2.75) is 25.4 Å². The Kier molecular flexibility index (Phi) is 5.85. The lowest BCUT2D eigenvalue weighted by Gasteiger charge is -2.32. The largest absolute Gasteiger partial charge is 0.497 e. The van der Waals surface area contributed by atoms with Crippen LogP contribution in [0.1, 0.15) is 28.8 Å². The van der Waals surface area contributed by atoms with Crippen molar-refractivity contribution < 1.29 is 19.4 Å². The predicted octanol–water partition coefficient (Wildman–Crippen LogP) is 1.72. The number of nitrogens with zero attached hydrogens (tertiary/aromatic N) is 2. The summed E-state index contributed by atoms with van der Waals surface area (Å²) in [5.41, 5.74) is 2.07. The van der Waals surface area contributed by atoms with Crippen molar-refractivity contribution in [2.75, 3.05) is 38.6 Å². The molecule has 4 rings (SSSR count). The molecule has 0 radical (unpaired) electrons. The Morgan fingerprint density at radius 1 is 1.20 bits per heavy atom. The van der Waals surface area contributed by atoms with E-state index in [4.69, 9.17) is 4.74 Å². The molecule has 1 heterocycles. The quantitative estimate of drug-likeness (QED) is 0.535. The molecular formula is C22H27N4O4+. The van der Waals surface area contributed by atoms with Crippen LogP contribution in [0.5, 0.6) is 5.75 Å². The Hall–Kier alpha value is -3.13. The highest BCUT2D eigenvalue weighted by Gasteiger charge is 2.28. The molecule has 2 fully saturated rings. The van der Waals surface area contributed by atoms with E-state index in [0.29, 0.717) is 30.4 Å². The molecule has 8 heteroatoms. The molecule has 0 unspecified atom stereocenters. The molecule has 1 saturated heterocycles. The van der Waals surface area contributed by atoms with E-state index in [1.165, 1.54) is 16.5 Å². The summed E-state index contributed by atoms with van der Waals surface area (Å²) in [4.78, 5) is 27.2. The van der Waals surface area contributed by atoms with Gasteiger partial charge in [0, 0.05) is 23.2 Å². The molecular weight excluding hydrogens is 384 g/mol. The van der Waals surface area contributed by atoms with Crippen molar-refractivity contribution in [3.05, 3.63) is 63.7 Å². The number of methoxy groups -OCH3 is 1. The fourth-order valence-corrected chi connectivity index (χ4v) is 3.80. The minimum atomic E-state index is -0.418. The van der Waals surface area contributed by atoms with E-state index in [2.05, 4.69) is 17.4 Å². The van der Waals surface area contributed by atoms with Crippen molar-refractivity contribution >= 4 is 17.3 Å². The van der Waals surface area contributed by atoms with E-state index in [1.54, 1.807) is 24.1 Å². The lowest BCUT2D eigenvalue weighted by Crippen LogP contribution is -3.13. The molecule has 0 spiro atoms. The molecule has 2 aliphatic rings. The zero-order valence-electron chi connectivity index (χ0n) is 17.1. The van der Waals surface area contributed by atoms with Crippen LogP contribution in [0.4, 0.5) is 11.4 Å². The second-order valence-corrected chi connectivity index (χ2v) is 7.97. The first-order valence-corrected chi connectivity index (χ1v) is 10.3.